The lowest BCUT2D eigenvalue weighted by molar-refractivity contribution is 0.0793. The van der Waals surface area contributed by atoms with E-state index in [0.29, 0.717) is 5.56 Å². The van der Waals surface area contributed by atoms with E-state index in [9.17, 15) is 4.79 Å². The van der Waals surface area contributed by atoms with Gasteiger partial charge in [0.15, 0.2) is 0 Å². The number of fused-ring (bicyclic) bond motifs is 1. The largest absolute Gasteiger partial charge is 0.339 e. The zero-order chi connectivity index (χ0) is 18.9. The highest BCUT2D eigenvalue weighted by atomic mass is 16.2. The van der Waals surface area contributed by atoms with Gasteiger partial charge in [0.25, 0.3) is 5.91 Å². The van der Waals surface area contributed by atoms with E-state index in [4.69, 9.17) is 0 Å². The Balaban J connectivity index is 1.69. The van der Waals surface area contributed by atoms with Crippen LogP contribution in [0.4, 0.5) is 0 Å². The van der Waals surface area contributed by atoms with Crippen LogP contribution in [0.2, 0.25) is 0 Å². The molecule has 0 atom stereocenters. The third-order valence-electron chi connectivity index (χ3n) is 5.12. The van der Waals surface area contributed by atoms with Gasteiger partial charge in [0, 0.05) is 35.8 Å². The molecule has 0 N–H and O–H groups in total. The topological polar surface area (TPSA) is 76.8 Å². The van der Waals surface area contributed by atoms with Crippen molar-refractivity contribution < 1.29 is 4.79 Å². The first-order chi connectivity index (χ1) is 13.8. The van der Waals surface area contributed by atoms with Gasteiger partial charge in [-0.1, -0.05) is 24.3 Å². The van der Waals surface area contributed by atoms with Crippen LogP contribution >= 0.6 is 0 Å². The third kappa shape index (κ3) is 2.90. The highest BCUT2D eigenvalue weighted by Crippen LogP contribution is 2.30. The highest BCUT2D eigenvalue weighted by molar-refractivity contribution is 5.99. The van der Waals surface area contributed by atoms with Gasteiger partial charge in [-0.15, -0.1) is 5.10 Å². The first-order valence-corrected chi connectivity index (χ1v) is 9.31. The lowest BCUT2D eigenvalue weighted by Crippen LogP contribution is -2.27. The van der Waals surface area contributed by atoms with E-state index in [2.05, 4.69) is 20.5 Å². The van der Waals surface area contributed by atoms with Crippen molar-refractivity contribution in [3.8, 4) is 16.8 Å². The minimum absolute atomic E-state index is 0.0434. The SMILES string of the molecule is O=C(c1cc(-c2cccc3cccnc23)cc(-n2cnnn2)c1)N1CCCC1. The number of benzene rings is 2. The minimum atomic E-state index is 0.0434. The molecule has 0 radical (unpaired) electrons. The number of tetrazole rings is 1. The van der Waals surface area contributed by atoms with Gasteiger partial charge in [-0.2, -0.15) is 0 Å². The summed E-state index contributed by atoms with van der Waals surface area (Å²) in [6.45, 7) is 1.61. The maximum Gasteiger partial charge on any atom is 0.253 e. The number of rotatable bonds is 3. The Morgan fingerprint density at radius 1 is 1.00 bits per heavy atom. The van der Waals surface area contributed by atoms with E-state index in [0.717, 1.165) is 53.6 Å². The number of pyridine rings is 1. The van der Waals surface area contributed by atoms with Crippen LogP contribution in [-0.2, 0) is 0 Å². The second kappa shape index (κ2) is 6.84. The summed E-state index contributed by atoms with van der Waals surface area (Å²) in [6.07, 6.45) is 5.43. The van der Waals surface area contributed by atoms with E-state index >= 15 is 0 Å². The maximum atomic E-state index is 13.1. The van der Waals surface area contributed by atoms with Crippen LogP contribution in [0.1, 0.15) is 23.2 Å². The number of carbonyl (C=O) groups excluding carboxylic acids is 1. The Morgan fingerprint density at radius 2 is 1.86 bits per heavy atom. The van der Waals surface area contributed by atoms with Crippen molar-refractivity contribution in [2.24, 2.45) is 0 Å². The molecule has 1 saturated heterocycles. The Kier molecular flexibility index (Phi) is 4.05. The Hall–Kier alpha value is -3.61. The summed E-state index contributed by atoms with van der Waals surface area (Å²) in [5.41, 5.74) is 4.18. The monoisotopic (exact) mass is 370 g/mol. The molecular formula is C21H18N6O. The van der Waals surface area contributed by atoms with Crippen LogP contribution in [0.3, 0.4) is 0 Å². The number of aromatic nitrogens is 5. The van der Waals surface area contributed by atoms with Crippen LogP contribution < -0.4 is 0 Å². The first kappa shape index (κ1) is 16.6. The average Bonchev–Trinajstić information content (AvgIpc) is 3.47. The molecule has 1 aliphatic rings. The number of likely N-dealkylation sites (tertiary alicyclic amines) is 1. The molecule has 0 saturated carbocycles. The summed E-state index contributed by atoms with van der Waals surface area (Å²) >= 11 is 0. The number of amides is 1. The highest BCUT2D eigenvalue weighted by Gasteiger charge is 2.21. The lowest BCUT2D eigenvalue weighted by atomic mass is 9.98. The van der Waals surface area contributed by atoms with E-state index in [1.165, 1.54) is 6.33 Å². The van der Waals surface area contributed by atoms with E-state index < -0.39 is 0 Å². The minimum Gasteiger partial charge on any atom is -0.339 e. The molecule has 7 heteroatoms. The number of hydrogen-bond acceptors (Lipinski definition) is 5. The molecule has 1 fully saturated rings. The van der Waals surface area contributed by atoms with E-state index in [-0.39, 0.29) is 5.91 Å². The Bertz CT molecular complexity index is 1140. The van der Waals surface area contributed by atoms with E-state index in [1.54, 1.807) is 10.9 Å². The summed E-state index contributed by atoms with van der Waals surface area (Å²) in [5, 5.41) is 12.5. The lowest BCUT2D eigenvalue weighted by Gasteiger charge is -2.17. The van der Waals surface area contributed by atoms with Gasteiger partial charge in [0.05, 0.1) is 11.2 Å². The Labute approximate surface area is 161 Å². The summed E-state index contributed by atoms with van der Waals surface area (Å²) < 4.78 is 1.57. The van der Waals surface area contributed by atoms with Gasteiger partial charge in [-0.3, -0.25) is 9.78 Å². The fourth-order valence-corrected chi connectivity index (χ4v) is 3.74. The van der Waals surface area contributed by atoms with Gasteiger partial charge in [-0.05, 0) is 53.1 Å². The molecule has 0 unspecified atom stereocenters. The summed E-state index contributed by atoms with van der Waals surface area (Å²) in [7, 11) is 0. The molecule has 0 spiro atoms. The van der Waals surface area contributed by atoms with Crippen LogP contribution in [0.25, 0.3) is 27.7 Å². The fraction of sp³-hybridized carbons (Fsp3) is 0.190. The quantitative estimate of drug-likeness (QED) is 0.554. The summed E-state index contributed by atoms with van der Waals surface area (Å²) in [4.78, 5) is 19.5. The molecule has 2 aromatic carbocycles. The van der Waals surface area contributed by atoms with Crippen molar-refractivity contribution >= 4 is 16.8 Å². The molecule has 0 bridgehead atoms. The maximum absolute atomic E-state index is 13.1. The van der Waals surface area contributed by atoms with Crippen molar-refractivity contribution in [3.63, 3.8) is 0 Å². The molecule has 7 nitrogen and oxygen atoms in total. The third-order valence-corrected chi connectivity index (χ3v) is 5.12. The molecule has 4 aromatic rings. The number of nitrogens with zero attached hydrogens (tertiary/aromatic N) is 6. The molecule has 3 heterocycles. The smallest absolute Gasteiger partial charge is 0.253 e. The van der Waals surface area contributed by atoms with E-state index in [1.807, 2.05) is 53.4 Å². The molecule has 28 heavy (non-hydrogen) atoms. The van der Waals surface area contributed by atoms with Crippen LogP contribution in [0, 0.1) is 0 Å². The molecule has 138 valence electrons. The summed E-state index contributed by atoms with van der Waals surface area (Å²) in [6, 6.07) is 15.8. The zero-order valence-corrected chi connectivity index (χ0v) is 15.2. The first-order valence-electron chi connectivity index (χ1n) is 9.31. The zero-order valence-electron chi connectivity index (χ0n) is 15.2. The molecule has 5 rings (SSSR count). The Morgan fingerprint density at radius 3 is 2.68 bits per heavy atom. The number of para-hydroxylation sites is 1. The van der Waals surface area contributed by atoms with Gasteiger partial charge in [0.2, 0.25) is 0 Å². The van der Waals surface area contributed by atoms with Gasteiger partial charge in [-0.25, -0.2) is 4.68 Å². The number of hydrogen-bond donors (Lipinski definition) is 0. The van der Waals surface area contributed by atoms with Gasteiger partial charge < -0.3 is 4.90 Å². The van der Waals surface area contributed by atoms with Crippen molar-refractivity contribution in [1.29, 1.82) is 0 Å². The molecule has 0 aliphatic carbocycles. The van der Waals surface area contributed by atoms with Gasteiger partial charge in [0.1, 0.15) is 6.33 Å². The normalized spacial score (nSPS) is 13.9. The van der Waals surface area contributed by atoms with Crippen LogP contribution in [0.15, 0.2) is 61.1 Å². The molecule has 2 aromatic heterocycles. The second-order valence-electron chi connectivity index (χ2n) is 6.90. The van der Waals surface area contributed by atoms with Crippen molar-refractivity contribution in [2.45, 2.75) is 12.8 Å². The van der Waals surface area contributed by atoms with Crippen molar-refractivity contribution in [3.05, 3.63) is 66.6 Å². The molecule has 1 amide bonds. The average molecular weight is 370 g/mol. The second-order valence-corrected chi connectivity index (χ2v) is 6.90. The van der Waals surface area contributed by atoms with Crippen molar-refractivity contribution in [1.82, 2.24) is 30.1 Å². The number of carbonyl (C=O) groups is 1. The predicted molar refractivity (Wildman–Crippen MR) is 105 cm³/mol. The van der Waals surface area contributed by atoms with Gasteiger partial charge >= 0.3 is 0 Å². The van der Waals surface area contributed by atoms with Crippen LogP contribution in [-0.4, -0.2) is 49.1 Å². The summed E-state index contributed by atoms with van der Waals surface area (Å²) in [5.74, 6) is 0.0434. The fourth-order valence-electron chi connectivity index (χ4n) is 3.74. The predicted octanol–water partition coefficient (Wildman–Crippen LogP) is 3.11. The van der Waals surface area contributed by atoms with Crippen LogP contribution in [0.5, 0.6) is 0 Å². The molecular weight excluding hydrogens is 352 g/mol. The standard InChI is InChI=1S/C21H18N6O/c28-21(26-9-1-2-10-26)17-11-16(12-18(13-17)27-14-23-24-25-27)19-7-3-5-15-6-4-8-22-20(15)19/h3-8,11-14H,1-2,9-10H2. The van der Waals surface area contributed by atoms with Crippen molar-refractivity contribution in [2.75, 3.05) is 13.1 Å². The molecule has 1 aliphatic heterocycles.